The minimum atomic E-state index is -0.622. The van der Waals surface area contributed by atoms with Crippen molar-refractivity contribution >= 4 is 22.8 Å². The summed E-state index contributed by atoms with van der Waals surface area (Å²) >= 11 is 0. The zero-order valence-electron chi connectivity index (χ0n) is 18.2. The number of carbonyl (C=O) groups excluding carboxylic acids is 2. The highest BCUT2D eigenvalue weighted by atomic mass is 16.5. The average molecular weight is 434 g/mol. The molecule has 1 N–H and O–H groups in total. The van der Waals surface area contributed by atoms with Gasteiger partial charge in [-0.25, -0.2) is 9.78 Å². The molecule has 0 spiro atoms. The molecule has 1 amide bonds. The van der Waals surface area contributed by atoms with Gasteiger partial charge < -0.3 is 10.1 Å². The number of hydrogen-bond donors (Lipinski definition) is 1. The van der Waals surface area contributed by atoms with Gasteiger partial charge in [0.05, 0.1) is 22.5 Å². The number of nitrogens with one attached hydrogen (secondary N) is 1. The van der Waals surface area contributed by atoms with Gasteiger partial charge in [0, 0.05) is 13.0 Å². The summed E-state index contributed by atoms with van der Waals surface area (Å²) in [5.74, 6) is -0.238. The van der Waals surface area contributed by atoms with Crippen LogP contribution in [-0.4, -0.2) is 28.0 Å². The predicted molar refractivity (Wildman–Crippen MR) is 121 cm³/mol. The number of carbonyl (C=O) groups is 2. The molecule has 166 valence electrons. The van der Waals surface area contributed by atoms with E-state index in [1.54, 1.807) is 22.8 Å². The lowest BCUT2D eigenvalue weighted by atomic mass is 10.1. The number of aromatic nitrogens is 2. The van der Waals surface area contributed by atoms with Gasteiger partial charge in [-0.3, -0.25) is 14.2 Å². The molecule has 0 aliphatic carbocycles. The first-order chi connectivity index (χ1) is 15.5. The van der Waals surface area contributed by atoms with Gasteiger partial charge >= 0.3 is 5.97 Å². The number of aryl methyl sites for hydroxylation is 1. The molecule has 0 bridgehead atoms. The van der Waals surface area contributed by atoms with E-state index < -0.39 is 5.97 Å². The molecule has 3 aromatic rings. The number of benzene rings is 2. The minimum absolute atomic E-state index is 0.0684. The highest BCUT2D eigenvalue weighted by Gasteiger charge is 2.17. The second kappa shape index (κ2) is 9.77. The molecular weight excluding hydrogens is 406 g/mol. The Labute approximate surface area is 186 Å². The quantitative estimate of drug-likeness (QED) is 0.622. The van der Waals surface area contributed by atoms with Gasteiger partial charge in [-0.2, -0.15) is 0 Å². The summed E-state index contributed by atoms with van der Waals surface area (Å²) in [5, 5.41) is 3.30. The number of fused-ring (bicyclic) bond motifs is 2. The van der Waals surface area contributed by atoms with Crippen LogP contribution in [-0.2, 0) is 22.5 Å². The van der Waals surface area contributed by atoms with Crippen molar-refractivity contribution in [2.75, 3.05) is 6.61 Å². The Morgan fingerprint density at radius 3 is 2.69 bits per heavy atom. The van der Waals surface area contributed by atoms with Crippen LogP contribution in [0.4, 0.5) is 0 Å². The van der Waals surface area contributed by atoms with Crippen molar-refractivity contribution in [2.24, 2.45) is 0 Å². The summed E-state index contributed by atoms with van der Waals surface area (Å²) in [6.45, 7) is 2.17. The first-order valence-electron chi connectivity index (χ1n) is 11.1. The van der Waals surface area contributed by atoms with Crippen molar-refractivity contribution in [2.45, 2.75) is 51.6 Å². The minimum Gasteiger partial charge on any atom is -0.452 e. The van der Waals surface area contributed by atoms with Gasteiger partial charge in [0.25, 0.3) is 11.5 Å². The summed E-state index contributed by atoms with van der Waals surface area (Å²) in [5.41, 5.74) is 1.65. The standard InChI is InChI=1S/C25H27N3O4/c1-17(18-9-5-4-6-10-18)26-23(29)16-32-25(31)19-12-13-20-21(15-19)27-22-11-7-2-3-8-14-28(22)24(20)30/h4-6,9-10,12-13,15,17H,2-3,7-8,11,14,16H2,1H3,(H,26,29). The van der Waals surface area contributed by atoms with E-state index in [1.807, 2.05) is 37.3 Å². The van der Waals surface area contributed by atoms with Crippen LogP contribution in [0.5, 0.6) is 0 Å². The van der Waals surface area contributed by atoms with Gasteiger partial charge in [-0.05, 0) is 43.5 Å². The number of hydrogen-bond acceptors (Lipinski definition) is 5. The maximum atomic E-state index is 12.9. The lowest BCUT2D eigenvalue weighted by molar-refractivity contribution is -0.124. The fraction of sp³-hybridized carbons (Fsp3) is 0.360. The van der Waals surface area contributed by atoms with Crippen LogP contribution in [0.1, 0.15) is 60.4 Å². The van der Waals surface area contributed by atoms with Crippen LogP contribution in [0.15, 0.2) is 53.3 Å². The first kappa shape index (κ1) is 21.7. The maximum absolute atomic E-state index is 12.9. The smallest absolute Gasteiger partial charge is 0.338 e. The Bertz CT molecular complexity index is 1190. The second-order valence-electron chi connectivity index (χ2n) is 8.16. The number of esters is 1. The molecule has 7 nitrogen and oxygen atoms in total. The molecule has 1 aliphatic heterocycles. The van der Waals surface area contributed by atoms with Crippen molar-refractivity contribution in [1.82, 2.24) is 14.9 Å². The maximum Gasteiger partial charge on any atom is 0.338 e. The third kappa shape index (κ3) is 4.88. The fourth-order valence-electron chi connectivity index (χ4n) is 4.04. The van der Waals surface area contributed by atoms with Crippen molar-refractivity contribution < 1.29 is 14.3 Å². The van der Waals surface area contributed by atoms with Gasteiger partial charge in [0.1, 0.15) is 5.82 Å². The fourth-order valence-corrected chi connectivity index (χ4v) is 4.04. The Balaban J connectivity index is 1.45. The van der Waals surface area contributed by atoms with Crippen LogP contribution >= 0.6 is 0 Å². The van der Waals surface area contributed by atoms with Crippen molar-refractivity contribution in [3.8, 4) is 0 Å². The Morgan fingerprint density at radius 2 is 1.88 bits per heavy atom. The van der Waals surface area contributed by atoms with Crippen LogP contribution in [0.3, 0.4) is 0 Å². The average Bonchev–Trinajstić information content (AvgIpc) is 2.79. The van der Waals surface area contributed by atoms with Crippen molar-refractivity contribution in [3.63, 3.8) is 0 Å². The summed E-state index contributed by atoms with van der Waals surface area (Å²) < 4.78 is 6.95. The summed E-state index contributed by atoms with van der Waals surface area (Å²) in [7, 11) is 0. The van der Waals surface area contributed by atoms with E-state index >= 15 is 0 Å². The van der Waals surface area contributed by atoms with Gasteiger partial charge in [0.15, 0.2) is 6.61 Å². The van der Waals surface area contributed by atoms with E-state index in [0.717, 1.165) is 43.5 Å². The van der Waals surface area contributed by atoms with E-state index in [4.69, 9.17) is 4.74 Å². The monoisotopic (exact) mass is 433 g/mol. The van der Waals surface area contributed by atoms with Crippen molar-refractivity contribution in [3.05, 3.63) is 75.8 Å². The lowest BCUT2D eigenvalue weighted by Crippen LogP contribution is -2.31. The summed E-state index contributed by atoms with van der Waals surface area (Å²) in [6.07, 6.45) is 4.96. The SMILES string of the molecule is CC(NC(=O)COC(=O)c1ccc2c(=O)n3c(nc2c1)CCCCCC3)c1ccccc1. The van der Waals surface area contributed by atoms with Crippen LogP contribution in [0.25, 0.3) is 10.9 Å². The lowest BCUT2D eigenvalue weighted by Gasteiger charge is -2.16. The molecule has 0 radical (unpaired) electrons. The van der Waals surface area contributed by atoms with Crippen molar-refractivity contribution in [1.29, 1.82) is 0 Å². The zero-order valence-corrected chi connectivity index (χ0v) is 18.2. The molecule has 1 atom stereocenters. The molecule has 32 heavy (non-hydrogen) atoms. The van der Waals surface area contributed by atoms with E-state index in [-0.39, 0.29) is 29.7 Å². The Morgan fingerprint density at radius 1 is 1.09 bits per heavy atom. The van der Waals surface area contributed by atoms with E-state index in [0.29, 0.717) is 17.4 Å². The molecular formula is C25H27N3O4. The number of rotatable bonds is 5. The number of amides is 1. The molecule has 1 aliphatic rings. The topological polar surface area (TPSA) is 90.3 Å². The highest BCUT2D eigenvalue weighted by Crippen LogP contribution is 2.17. The van der Waals surface area contributed by atoms with Gasteiger partial charge in [0.2, 0.25) is 0 Å². The molecule has 1 aromatic heterocycles. The van der Waals surface area contributed by atoms with E-state index in [2.05, 4.69) is 10.3 Å². The third-order valence-corrected chi connectivity index (χ3v) is 5.81. The van der Waals surface area contributed by atoms with Crippen LogP contribution < -0.4 is 10.9 Å². The second-order valence-corrected chi connectivity index (χ2v) is 8.16. The molecule has 0 saturated carbocycles. The molecule has 0 fully saturated rings. The normalized spacial score (nSPS) is 14.7. The van der Waals surface area contributed by atoms with Crippen LogP contribution in [0, 0.1) is 0 Å². The Hall–Kier alpha value is -3.48. The summed E-state index contributed by atoms with van der Waals surface area (Å²) in [4.78, 5) is 42.3. The highest BCUT2D eigenvalue weighted by molar-refractivity contribution is 5.95. The molecule has 2 aromatic carbocycles. The molecule has 7 heteroatoms. The number of ether oxygens (including phenoxy) is 1. The summed E-state index contributed by atoms with van der Waals surface area (Å²) in [6, 6.07) is 14.1. The zero-order chi connectivity index (χ0) is 22.5. The molecule has 1 unspecified atom stereocenters. The van der Waals surface area contributed by atoms with Gasteiger partial charge in [-0.1, -0.05) is 43.2 Å². The first-order valence-corrected chi connectivity index (χ1v) is 11.1. The van der Waals surface area contributed by atoms with E-state index in [9.17, 15) is 14.4 Å². The Kier molecular flexibility index (Phi) is 6.63. The van der Waals surface area contributed by atoms with Crippen LogP contribution in [0.2, 0.25) is 0 Å². The van der Waals surface area contributed by atoms with E-state index in [1.165, 1.54) is 0 Å². The third-order valence-electron chi connectivity index (χ3n) is 5.81. The number of nitrogens with zero attached hydrogens (tertiary/aromatic N) is 2. The molecule has 4 rings (SSSR count). The molecule has 2 heterocycles. The van der Waals surface area contributed by atoms with Gasteiger partial charge in [-0.15, -0.1) is 0 Å². The largest absolute Gasteiger partial charge is 0.452 e. The predicted octanol–water partition coefficient (Wildman–Crippen LogP) is 3.55. The molecule has 0 saturated heterocycles.